The van der Waals surface area contributed by atoms with Crippen molar-refractivity contribution < 1.29 is 28.8 Å². The largest absolute Gasteiger partial charge is 0.492 e. The van der Waals surface area contributed by atoms with E-state index in [-0.39, 0.29) is 6.61 Å². The van der Waals surface area contributed by atoms with Crippen LogP contribution in [0.2, 0.25) is 0 Å². The molecule has 8 nitrogen and oxygen atoms in total. The summed E-state index contributed by atoms with van der Waals surface area (Å²) in [7, 11) is 0. The average molecular weight is 421 g/mol. The number of nitrogens with two attached hydrogens (primary N) is 2. The van der Waals surface area contributed by atoms with Crippen molar-refractivity contribution in [2.45, 2.75) is 34.3 Å². The monoisotopic (exact) mass is 420 g/mol. The molecule has 0 amide bonds. The zero-order valence-electron chi connectivity index (χ0n) is 18.1. The molecule has 8 heteroatoms. The van der Waals surface area contributed by atoms with Gasteiger partial charge in [-0.2, -0.15) is 0 Å². The number of aliphatic hydroxyl groups excluding tert-OH is 1. The first-order chi connectivity index (χ1) is 14.4. The molecule has 0 aliphatic heterocycles. The Morgan fingerprint density at radius 2 is 1.07 bits per heavy atom. The molecule has 2 aromatic carbocycles. The first kappa shape index (κ1) is 24.9. The lowest BCUT2D eigenvalue weighted by Gasteiger charge is -2.13. The number of hydrogen-bond donors (Lipinski definition) is 3. The molecule has 0 aliphatic carbocycles. The van der Waals surface area contributed by atoms with Crippen LogP contribution in [0.15, 0.2) is 24.3 Å². The minimum atomic E-state index is -0.0551. The van der Waals surface area contributed by atoms with Crippen LogP contribution in [0.25, 0.3) is 0 Å². The van der Waals surface area contributed by atoms with Crippen molar-refractivity contribution >= 4 is 17.7 Å². The molecule has 30 heavy (non-hydrogen) atoms. The molecule has 166 valence electrons. The van der Waals surface area contributed by atoms with E-state index in [4.69, 9.17) is 35.5 Å². The van der Waals surface area contributed by atoms with Gasteiger partial charge in [-0.15, -0.1) is 0 Å². The summed E-state index contributed by atoms with van der Waals surface area (Å²) in [6.07, 6.45) is 0.741. The van der Waals surface area contributed by atoms with E-state index in [2.05, 4.69) is 0 Å². The van der Waals surface area contributed by atoms with Gasteiger partial charge in [0.05, 0.1) is 33.0 Å². The highest BCUT2D eigenvalue weighted by Gasteiger charge is 2.10. The van der Waals surface area contributed by atoms with E-state index in [0.717, 1.165) is 11.8 Å². The highest BCUT2D eigenvalue weighted by atomic mass is 16.5. The summed E-state index contributed by atoms with van der Waals surface area (Å²) in [4.78, 5) is 10.7. The Bertz CT molecular complexity index is 756. The molecule has 2 aromatic rings. The van der Waals surface area contributed by atoms with Crippen molar-refractivity contribution in [1.82, 2.24) is 0 Å². The molecule has 0 spiro atoms. The Labute approximate surface area is 177 Å². The molecular formula is C22H32N2O6. The summed E-state index contributed by atoms with van der Waals surface area (Å²) in [6.45, 7) is 9.48. The van der Waals surface area contributed by atoms with E-state index in [0.29, 0.717) is 66.4 Å². The molecule has 0 fully saturated rings. The van der Waals surface area contributed by atoms with Crippen LogP contribution in [0.3, 0.4) is 0 Å². The van der Waals surface area contributed by atoms with Gasteiger partial charge in [-0.1, -0.05) is 0 Å². The zero-order valence-corrected chi connectivity index (χ0v) is 18.1. The van der Waals surface area contributed by atoms with Crippen LogP contribution < -0.4 is 30.4 Å². The first-order valence-electron chi connectivity index (χ1n) is 9.88. The number of aldehydes is 1. The van der Waals surface area contributed by atoms with E-state index in [1.54, 1.807) is 24.3 Å². The van der Waals surface area contributed by atoms with Crippen LogP contribution >= 0.6 is 0 Å². The summed E-state index contributed by atoms with van der Waals surface area (Å²) >= 11 is 0. The van der Waals surface area contributed by atoms with E-state index in [9.17, 15) is 4.79 Å². The molecule has 0 radical (unpaired) electrons. The van der Waals surface area contributed by atoms with Crippen molar-refractivity contribution in [1.29, 1.82) is 0 Å². The maximum absolute atomic E-state index is 10.7. The zero-order chi connectivity index (χ0) is 22.5. The van der Waals surface area contributed by atoms with Gasteiger partial charge in [-0.3, -0.25) is 4.79 Å². The van der Waals surface area contributed by atoms with Gasteiger partial charge in [0.25, 0.3) is 0 Å². The van der Waals surface area contributed by atoms with Gasteiger partial charge in [0.15, 0.2) is 0 Å². The quantitative estimate of drug-likeness (QED) is 0.394. The fraction of sp³-hybridized carbons (Fsp3) is 0.409. The Hall–Kier alpha value is -3.13. The van der Waals surface area contributed by atoms with Crippen LogP contribution in [0.5, 0.6) is 23.0 Å². The van der Waals surface area contributed by atoms with Crippen LogP contribution in [0, 0.1) is 0 Å². The molecule has 0 saturated heterocycles. The number of nitrogen functional groups attached to an aromatic ring is 2. The SMILES string of the molecule is CCOc1cc(C=O)cc(OCC)c1N.CCOc1cc(CO)cc(OCC)c1N. The van der Waals surface area contributed by atoms with Gasteiger partial charge in [0.1, 0.15) is 40.7 Å². The molecule has 0 saturated carbocycles. The third-order valence-electron chi connectivity index (χ3n) is 3.81. The van der Waals surface area contributed by atoms with Crippen molar-refractivity contribution in [2.24, 2.45) is 0 Å². The predicted octanol–water partition coefficient (Wildman–Crippen LogP) is 3.44. The Kier molecular flexibility index (Phi) is 10.9. The molecule has 0 aliphatic rings. The van der Waals surface area contributed by atoms with Crippen molar-refractivity contribution in [3.8, 4) is 23.0 Å². The van der Waals surface area contributed by atoms with Gasteiger partial charge >= 0.3 is 0 Å². The number of carbonyl (C=O) groups is 1. The first-order valence-corrected chi connectivity index (χ1v) is 9.88. The third kappa shape index (κ3) is 7.04. The van der Waals surface area contributed by atoms with Gasteiger partial charge in [-0.25, -0.2) is 0 Å². The van der Waals surface area contributed by atoms with Gasteiger partial charge < -0.3 is 35.5 Å². The maximum Gasteiger partial charge on any atom is 0.150 e. The Morgan fingerprint density at radius 3 is 1.33 bits per heavy atom. The number of hydrogen-bond acceptors (Lipinski definition) is 8. The van der Waals surface area contributed by atoms with Crippen molar-refractivity contribution in [3.05, 3.63) is 35.4 Å². The summed E-state index contributed by atoms with van der Waals surface area (Å²) in [6, 6.07) is 6.66. The lowest BCUT2D eigenvalue weighted by Crippen LogP contribution is -2.03. The summed E-state index contributed by atoms with van der Waals surface area (Å²) in [5.74, 6) is 2.11. The van der Waals surface area contributed by atoms with Gasteiger partial charge in [-0.05, 0) is 57.5 Å². The molecule has 0 bridgehead atoms. The standard InChI is InChI=1S/C11H17NO3.C11H15NO3/c2*1-3-14-9-5-8(7-13)6-10(11(9)12)15-4-2/h5-6,13H,3-4,7,12H2,1-2H3;5-7H,3-4,12H2,1-2H3. The number of aliphatic hydroxyl groups is 1. The van der Waals surface area contributed by atoms with Crippen molar-refractivity contribution in [3.63, 3.8) is 0 Å². The second kappa shape index (κ2) is 13.2. The van der Waals surface area contributed by atoms with E-state index in [1.807, 2.05) is 27.7 Å². The van der Waals surface area contributed by atoms with Gasteiger partial charge in [0.2, 0.25) is 0 Å². The summed E-state index contributed by atoms with van der Waals surface area (Å²) < 4.78 is 21.3. The average Bonchev–Trinajstić information content (AvgIpc) is 2.74. The summed E-state index contributed by atoms with van der Waals surface area (Å²) in [5, 5.41) is 9.06. The lowest BCUT2D eigenvalue weighted by molar-refractivity contribution is 0.112. The predicted molar refractivity (Wildman–Crippen MR) is 118 cm³/mol. The fourth-order valence-electron chi connectivity index (χ4n) is 2.54. The fourth-order valence-corrected chi connectivity index (χ4v) is 2.54. The highest BCUT2D eigenvalue weighted by molar-refractivity contribution is 5.80. The van der Waals surface area contributed by atoms with Crippen LogP contribution in [-0.4, -0.2) is 37.8 Å². The number of carbonyl (C=O) groups excluding carboxylic acids is 1. The Balaban J connectivity index is 0.000000300. The van der Waals surface area contributed by atoms with Crippen LogP contribution in [0.4, 0.5) is 11.4 Å². The van der Waals surface area contributed by atoms with Crippen LogP contribution in [-0.2, 0) is 6.61 Å². The second-order valence-electron chi connectivity index (χ2n) is 5.94. The number of rotatable bonds is 10. The second-order valence-corrected chi connectivity index (χ2v) is 5.94. The minimum Gasteiger partial charge on any atom is -0.492 e. The molecule has 0 atom stereocenters. The maximum atomic E-state index is 10.7. The number of anilines is 2. The van der Waals surface area contributed by atoms with Crippen molar-refractivity contribution in [2.75, 3.05) is 37.9 Å². The van der Waals surface area contributed by atoms with Gasteiger partial charge in [0, 0.05) is 5.56 Å². The topological polar surface area (TPSA) is 126 Å². The highest BCUT2D eigenvalue weighted by Crippen LogP contribution is 2.34. The van der Waals surface area contributed by atoms with Crippen LogP contribution in [0.1, 0.15) is 43.6 Å². The molecule has 0 aromatic heterocycles. The molecule has 0 heterocycles. The molecule has 5 N–H and O–H groups in total. The summed E-state index contributed by atoms with van der Waals surface area (Å²) in [5.41, 5.74) is 13.8. The molecule has 2 rings (SSSR count). The van der Waals surface area contributed by atoms with E-state index < -0.39 is 0 Å². The lowest BCUT2D eigenvalue weighted by atomic mass is 10.2. The molecule has 0 unspecified atom stereocenters. The van der Waals surface area contributed by atoms with E-state index >= 15 is 0 Å². The number of benzene rings is 2. The smallest absolute Gasteiger partial charge is 0.150 e. The molecular weight excluding hydrogens is 388 g/mol. The van der Waals surface area contributed by atoms with E-state index in [1.165, 1.54) is 0 Å². The third-order valence-corrected chi connectivity index (χ3v) is 3.81. The minimum absolute atomic E-state index is 0.0551. The number of ether oxygens (including phenoxy) is 4. The Morgan fingerprint density at radius 1 is 0.733 bits per heavy atom. The normalized spacial score (nSPS) is 9.90.